The lowest BCUT2D eigenvalue weighted by Crippen LogP contribution is -2.18. The predicted octanol–water partition coefficient (Wildman–Crippen LogP) is 2.83. The minimum Gasteiger partial charge on any atom is -0.383 e. The molecule has 0 aliphatic heterocycles. The van der Waals surface area contributed by atoms with E-state index in [4.69, 9.17) is 0 Å². The molecule has 1 aromatic carbocycles. The summed E-state index contributed by atoms with van der Waals surface area (Å²) in [6, 6.07) is 8.80. The van der Waals surface area contributed by atoms with Gasteiger partial charge in [0.1, 0.15) is 5.82 Å². The Balaban J connectivity index is 1.96. The van der Waals surface area contributed by atoms with Gasteiger partial charge in [-0.25, -0.2) is 13.4 Å². The predicted molar refractivity (Wildman–Crippen MR) is 90.3 cm³/mol. The summed E-state index contributed by atoms with van der Waals surface area (Å²) >= 11 is 0. The summed E-state index contributed by atoms with van der Waals surface area (Å²) in [5.74, 6) is -3.44. The van der Waals surface area contributed by atoms with Gasteiger partial charge in [0.25, 0.3) is 0 Å². The van der Waals surface area contributed by atoms with Crippen molar-refractivity contribution in [3.8, 4) is 0 Å². The monoisotopic (exact) mass is 369 g/mol. The third-order valence-corrected chi connectivity index (χ3v) is 4.71. The van der Waals surface area contributed by atoms with Crippen molar-refractivity contribution in [2.24, 2.45) is 0 Å². The highest BCUT2D eigenvalue weighted by molar-refractivity contribution is 7.91. The number of carbonyl (C=O) groups excluding carboxylic acids is 1. The van der Waals surface area contributed by atoms with Crippen molar-refractivity contribution in [1.29, 1.82) is 0 Å². The largest absolute Gasteiger partial charge is 0.383 e. The van der Waals surface area contributed by atoms with E-state index >= 15 is 0 Å². The number of nitrogens with zero attached hydrogens (tertiary/aromatic N) is 1. The van der Waals surface area contributed by atoms with Gasteiger partial charge in [-0.2, -0.15) is 8.78 Å². The first-order chi connectivity index (χ1) is 11.8. The second-order valence-corrected chi connectivity index (χ2v) is 7.13. The van der Waals surface area contributed by atoms with Crippen LogP contribution in [0, 0.1) is 6.92 Å². The van der Waals surface area contributed by atoms with E-state index in [2.05, 4.69) is 15.6 Å². The molecule has 0 atom stereocenters. The van der Waals surface area contributed by atoms with Gasteiger partial charge in [0.05, 0.1) is 10.6 Å². The molecule has 2 aromatic rings. The fraction of sp³-hybridized carbons (Fsp3) is 0.250. The van der Waals surface area contributed by atoms with E-state index in [0.29, 0.717) is 5.82 Å². The zero-order chi connectivity index (χ0) is 18.4. The van der Waals surface area contributed by atoms with Crippen molar-refractivity contribution in [2.45, 2.75) is 24.0 Å². The highest BCUT2D eigenvalue weighted by Crippen LogP contribution is 2.25. The van der Waals surface area contributed by atoms with E-state index < -0.39 is 20.5 Å². The molecule has 1 aromatic heterocycles. The molecule has 0 aliphatic carbocycles. The molecule has 25 heavy (non-hydrogen) atoms. The number of alkyl halides is 2. The van der Waals surface area contributed by atoms with Gasteiger partial charge in [-0.1, -0.05) is 18.2 Å². The van der Waals surface area contributed by atoms with Gasteiger partial charge in [-0.15, -0.1) is 0 Å². The minimum atomic E-state index is -4.72. The minimum absolute atomic E-state index is 0.0125. The van der Waals surface area contributed by atoms with Gasteiger partial charge < -0.3 is 10.6 Å². The number of aryl methyl sites for hydroxylation is 1. The molecule has 1 heterocycles. The number of amides is 1. The highest BCUT2D eigenvalue weighted by Gasteiger charge is 2.28. The van der Waals surface area contributed by atoms with Crippen LogP contribution in [0.3, 0.4) is 0 Å². The van der Waals surface area contributed by atoms with Gasteiger partial charge in [0.15, 0.2) is 0 Å². The van der Waals surface area contributed by atoms with Crippen LogP contribution in [-0.2, 0) is 14.6 Å². The summed E-state index contributed by atoms with van der Waals surface area (Å²) in [7, 11) is -4.72. The molecule has 9 heteroatoms. The smallest absolute Gasteiger partial charge is 0.341 e. The Kier molecular flexibility index (Phi) is 6.02. The molecule has 0 aliphatic rings. The second-order valence-electron chi connectivity index (χ2n) is 5.25. The molecule has 0 bridgehead atoms. The van der Waals surface area contributed by atoms with Crippen molar-refractivity contribution in [2.75, 3.05) is 17.2 Å². The summed E-state index contributed by atoms with van der Waals surface area (Å²) in [5.41, 5.74) is 0.987. The lowest BCUT2D eigenvalue weighted by Gasteiger charge is -2.12. The van der Waals surface area contributed by atoms with Crippen LogP contribution >= 0.6 is 0 Å². The van der Waals surface area contributed by atoms with Crippen LogP contribution in [0.5, 0.6) is 0 Å². The van der Waals surface area contributed by atoms with E-state index in [1.807, 2.05) is 6.92 Å². The summed E-state index contributed by atoms with van der Waals surface area (Å²) < 4.78 is 48.7. The Labute approximate surface area is 144 Å². The number of sulfone groups is 1. The number of hydrogen-bond donors (Lipinski definition) is 2. The number of nitrogens with one attached hydrogen (secondary N) is 2. The van der Waals surface area contributed by atoms with E-state index in [0.717, 1.165) is 11.6 Å². The van der Waals surface area contributed by atoms with Crippen LogP contribution in [0.2, 0.25) is 0 Å². The van der Waals surface area contributed by atoms with Crippen molar-refractivity contribution in [3.63, 3.8) is 0 Å². The Morgan fingerprint density at radius 2 is 1.92 bits per heavy atom. The first-order valence-electron chi connectivity index (χ1n) is 7.38. The zero-order valence-electron chi connectivity index (χ0n) is 13.4. The fourth-order valence-corrected chi connectivity index (χ4v) is 2.92. The van der Waals surface area contributed by atoms with E-state index in [1.165, 1.54) is 18.2 Å². The van der Waals surface area contributed by atoms with Crippen LogP contribution in [0.15, 0.2) is 47.5 Å². The number of hydrogen-bond acceptors (Lipinski definition) is 5. The van der Waals surface area contributed by atoms with Crippen LogP contribution < -0.4 is 10.6 Å². The average molecular weight is 369 g/mol. The molecular weight excluding hydrogens is 352 g/mol. The van der Waals surface area contributed by atoms with Crippen LogP contribution in [0.25, 0.3) is 0 Å². The maximum absolute atomic E-state index is 12.7. The average Bonchev–Trinajstić information content (AvgIpc) is 2.57. The quantitative estimate of drug-likeness (QED) is 0.784. The third-order valence-electron chi connectivity index (χ3n) is 3.27. The molecule has 2 rings (SSSR count). The number of pyridine rings is 1. The fourth-order valence-electron chi connectivity index (χ4n) is 2.01. The Morgan fingerprint density at radius 3 is 2.56 bits per heavy atom. The Bertz CT molecular complexity index is 840. The number of anilines is 2. The van der Waals surface area contributed by atoms with Crippen LogP contribution in [-0.4, -0.2) is 31.6 Å². The van der Waals surface area contributed by atoms with Gasteiger partial charge in [0.2, 0.25) is 15.7 Å². The van der Waals surface area contributed by atoms with Gasteiger partial charge in [-0.3, -0.25) is 4.79 Å². The molecule has 6 nitrogen and oxygen atoms in total. The van der Waals surface area contributed by atoms with E-state index in [1.54, 1.807) is 18.3 Å². The number of benzene rings is 1. The maximum atomic E-state index is 12.7. The lowest BCUT2D eigenvalue weighted by molar-refractivity contribution is -0.116. The zero-order valence-corrected chi connectivity index (χ0v) is 14.2. The standard InChI is InChI=1S/C16H17F2N3O3S/c1-11-6-7-14(20-10-11)21-15(22)8-9-19-12-4-2-3-5-13(12)25(23,24)16(17)18/h2-7,10,16,19H,8-9H2,1H3,(H,20,21,22). The topological polar surface area (TPSA) is 88.2 Å². The molecule has 0 spiro atoms. The van der Waals surface area contributed by atoms with E-state index in [9.17, 15) is 22.0 Å². The van der Waals surface area contributed by atoms with Crippen LogP contribution in [0.4, 0.5) is 20.3 Å². The lowest BCUT2D eigenvalue weighted by atomic mass is 10.3. The molecule has 0 unspecified atom stereocenters. The van der Waals surface area contributed by atoms with Crippen molar-refractivity contribution >= 4 is 27.2 Å². The van der Waals surface area contributed by atoms with E-state index in [-0.39, 0.29) is 24.6 Å². The van der Waals surface area contributed by atoms with Crippen LogP contribution in [0.1, 0.15) is 12.0 Å². The summed E-state index contributed by atoms with van der Waals surface area (Å²) in [4.78, 5) is 15.4. The summed E-state index contributed by atoms with van der Waals surface area (Å²) in [5, 5.41) is 5.30. The second kappa shape index (κ2) is 8.02. The maximum Gasteiger partial charge on any atom is 0.341 e. The van der Waals surface area contributed by atoms with Gasteiger partial charge >= 0.3 is 5.76 Å². The number of halogens is 2. The number of rotatable bonds is 7. The third kappa shape index (κ3) is 4.96. The van der Waals surface area contributed by atoms with Gasteiger partial charge in [0, 0.05) is 19.2 Å². The molecule has 0 saturated heterocycles. The Hall–Kier alpha value is -2.55. The Morgan fingerprint density at radius 1 is 1.20 bits per heavy atom. The molecule has 2 N–H and O–H groups in total. The van der Waals surface area contributed by atoms with Crippen molar-refractivity contribution in [1.82, 2.24) is 4.98 Å². The highest BCUT2D eigenvalue weighted by atomic mass is 32.2. The van der Waals surface area contributed by atoms with Gasteiger partial charge in [-0.05, 0) is 30.7 Å². The van der Waals surface area contributed by atoms with Crippen molar-refractivity contribution in [3.05, 3.63) is 48.2 Å². The SMILES string of the molecule is Cc1ccc(NC(=O)CCNc2ccccc2S(=O)(=O)C(F)F)nc1. The molecule has 1 amide bonds. The number of para-hydroxylation sites is 1. The molecule has 0 fully saturated rings. The number of carbonyl (C=O) groups is 1. The van der Waals surface area contributed by atoms with Crippen molar-refractivity contribution < 1.29 is 22.0 Å². The summed E-state index contributed by atoms with van der Waals surface area (Å²) in [6.07, 6.45) is 1.62. The molecular formula is C16H17F2N3O3S. The normalized spacial score (nSPS) is 11.4. The first-order valence-corrected chi connectivity index (χ1v) is 8.93. The number of aromatic nitrogens is 1. The molecule has 0 radical (unpaired) electrons. The molecule has 0 saturated carbocycles. The first kappa shape index (κ1) is 18.8. The summed E-state index contributed by atoms with van der Waals surface area (Å²) in [6.45, 7) is 1.95. The molecule has 134 valence electrons.